The maximum atomic E-state index is 11.1. The summed E-state index contributed by atoms with van der Waals surface area (Å²) in [6, 6.07) is 4.54. The summed E-state index contributed by atoms with van der Waals surface area (Å²) >= 11 is 1.30. The number of aromatic nitrogens is 1. The SMILES string of the molecule is CCOc1nc2ccc(S(=O)(=O)Cl)cc2s1. The Kier molecular flexibility index (Phi) is 3.05. The molecule has 0 spiro atoms. The molecule has 2 aromatic rings. The van der Waals surface area contributed by atoms with Crippen molar-refractivity contribution in [3.05, 3.63) is 18.2 Å². The van der Waals surface area contributed by atoms with Gasteiger partial charge in [-0.15, -0.1) is 0 Å². The summed E-state index contributed by atoms with van der Waals surface area (Å²) in [6.45, 7) is 2.39. The summed E-state index contributed by atoms with van der Waals surface area (Å²) in [5.41, 5.74) is 0.706. The zero-order valence-electron chi connectivity index (χ0n) is 8.31. The third kappa shape index (κ3) is 2.28. The van der Waals surface area contributed by atoms with Gasteiger partial charge in [0.15, 0.2) is 0 Å². The monoisotopic (exact) mass is 277 g/mol. The number of ether oxygens (including phenoxy) is 1. The Balaban J connectivity index is 2.54. The molecule has 0 aliphatic rings. The first-order valence-corrected chi connectivity index (χ1v) is 7.61. The fraction of sp³-hybridized carbons (Fsp3) is 0.222. The Hall–Kier alpha value is -0.850. The van der Waals surface area contributed by atoms with Crippen LogP contribution in [-0.4, -0.2) is 20.0 Å². The molecule has 0 bridgehead atoms. The van der Waals surface area contributed by atoms with Crippen molar-refractivity contribution in [2.24, 2.45) is 0 Å². The van der Waals surface area contributed by atoms with Crippen LogP contribution in [0.25, 0.3) is 10.2 Å². The van der Waals surface area contributed by atoms with E-state index in [0.29, 0.717) is 17.3 Å². The molecule has 2 rings (SSSR count). The van der Waals surface area contributed by atoms with Crippen molar-refractivity contribution >= 4 is 41.3 Å². The number of benzene rings is 1. The molecule has 0 radical (unpaired) electrons. The fourth-order valence-electron chi connectivity index (χ4n) is 1.22. The van der Waals surface area contributed by atoms with Crippen LogP contribution in [0.4, 0.5) is 0 Å². The van der Waals surface area contributed by atoms with Gasteiger partial charge < -0.3 is 4.74 Å². The van der Waals surface area contributed by atoms with Gasteiger partial charge in [-0.3, -0.25) is 0 Å². The van der Waals surface area contributed by atoms with Crippen LogP contribution in [0.3, 0.4) is 0 Å². The highest BCUT2D eigenvalue weighted by Gasteiger charge is 2.12. The lowest BCUT2D eigenvalue weighted by Gasteiger charge is -1.93. The highest BCUT2D eigenvalue weighted by atomic mass is 35.7. The fourth-order valence-corrected chi connectivity index (χ4v) is 2.99. The Labute approximate surface area is 101 Å². The molecule has 0 saturated heterocycles. The molecule has 0 N–H and O–H groups in total. The molecule has 1 aromatic heterocycles. The van der Waals surface area contributed by atoms with Crippen molar-refractivity contribution < 1.29 is 13.2 Å². The number of thiazole rings is 1. The standard InChI is InChI=1S/C9H8ClNO3S2/c1-2-14-9-11-7-4-3-6(16(10,12)13)5-8(7)15-9/h3-5H,2H2,1H3. The summed E-state index contributed by atoms with van der Waals surface area (Å²) in [7, 11) is 1.57. The lowest BCUT2D eigenvalue weighted by Crippen LogP contribution is -1.89. The first-order chi connectivity index (χ1) is 7.50. The van der Waals surface area contributed by atoms with E-state index >= 15 is 0 Å². The molecule has 0 aliphatic carbocycles. The molecule has 0 fully saturated rings. The lowest BCUT2D eigenvalue weighted by molar-refractivity contribution is 0.339. The van der Waals surface area contributed by atoms with Crippen LogP contribution in [-0.2, 0) is 9.05 Å². The van der Waals surface area contributed by atoms with Gasteiger partial charge in [0, 0.05) is 10.7 Å². The number of hydrogen-bond donors (Lipinski definition) is 0. The molecule has 0 unspecified atom stereocenters. The lowest BCUT2D eigenvalue weighted by atomic mass is 10.3. The molecule has 0 aliphatic heterocycles. The number of rotatable bonds is 3. The number of halogens is 1. The maximum Gasteiger partial charge on any atom is 0.274 e. The molecule has 4 nitrogen and oxygen atoms in total. The Morgan fingerprint density at radius 2 is 2.25 bits per heavy atom. The number of fused-ring (bicyclic) bond motifs is 1. The average Bonchev–Trinajstić information content (AvgIpc) is 2.57. The van der Waals surface area contributed by atoms with Crippen LogP contribution in [0, 0.1) is 0 Å². The molecule has 0 saturated carbocycles. The minimum Gasteiger partial charge on any atom is -0.470 e. The van der Waals surface area contributed by atoms with Gasteiger partial charge in [-0.25, -0.2) is 13.4 Å². The molecule has 86 valence electrons. The first-order valence-electron chi connectivity index (χ1n) is 4.49. The second-order valence-corrected chi connectivity index (χ2v) is 6.54. The van der Waals surface area contributed by atoms with Crippen molar-refractivity contribution in [1.82, 2.24) is 4.98 Å². The van der Waals surface area contributed by atoms with Gasteiger partial charge in [0.2, 0.25) is 0 Å². The summed E-state index contributed by atoms with van der Waals surface area (Å²) in [6.07, 6.45) is 0. The van der Waals surface area contributed by atoms with Crippen LogP contribution in [0.2, 0.25) is 0 Å². The van der Waals surface area contributed by atoms with E-state index in [1.807, 2.05) is 6.92 Å². The van der Waals surface area contributed by atoms with Crippen molar-refractivity contribution in [3.8, 4) is 5.19 Å². The van der Waals surface area contributed by atoms with Gasteiger partial charge in [-0.1, -0.05) is 11.3 Å². The minimum atomic E-state index is -3.69. The zero-order chi connectivity index (χ0) is 11.8. The maximum absolute atomic E-state index is 11.1. The van der Waals surface area contributed by atoms with Crippen LogP contribution >= 0.6 is 22.0 Å². The Morgan fingerprint density at radius 3 is 2.88 bits per heavy atom. The predicted octanol–water partition coefficient (Wildman–Crippen LogP) is 2.62. The van der Waals surface area contributed by atoms with Crippen LogP contribution in [0.5, 0.6) is 5.19 Å². The third-order valence-electron chi connectivity index (χ3n) is 1.89. The molecular weight excluding hydrogens is 270 g/mol. The van der Waals surface area contributed by atoms with Gasteiger partial charge in [-0.05, 0) is 25.1 Å². The van der Waals surface area contributed by atoms with E-state index in [9.17, 15) is 8.42 Å². The minimum absolute atomic E-state index is 0.0772. The van der Waals surface area contributed by atoms with Crippen LogP contribution in [0.1, 0.15) is 6.92 Å². The molecular formula is C9H8ClNO3S2. The van der Waals surface area contributed by atoms with Crippen LogP contribution in [0.15, 0.2) is 23.1 Å². The largest absolute Gasteiger partial charge is 0.470 e. The Morgan fingerprint density at radius 1 is 1.50 bits per heavy atom. The smallest absolute Gasteiger partial charge is 0.274 e. The average molecular weight is 278 g/mol. The van der Waals surface area contributed by atoms with Gasteiger partial charge in [0.05, 0.1) is 21.7 Å². The summed E-state index contributed by atoms with van der Waals surface area (Å²) in [5.74, 6) is 0. The molecule has 7 heteroatoms. The summed E-state index contributed by atoms with van der Waals surface area (Å²) in [5, 5.41) is 0.529. The van der Waals surface area contributed by atoms with Crippen LogP contribution < -0.4 is 4.74 Å². The highest BCUT2D eigenvalue weighted by Crippen LogP contribution is 2.30. The second-order valence-electron chi connectivity index (χ2n) is 2.98. The molecule has 0 amide bonds. The third-order valence-corrected chi connectivity index (χ3v) is 4.17. The van der Waals surface area contributed by atoms with E-state index in [1.54, 1.807) is 6.07 Å². The summed E-state index contributed by atoms with van der Waals surface area (Å²) in [4.78, 5) is 4.26. The molecule has 1 aromatic carbocycles. The summed E-state index contributed by atoms with van der Waals surface area (Å²) < 4.78 is 28.2. The van der Waals surface area contributed by atoms with Gasteiger partial charge >= 0.3 is 0 Å². The highest BCUT2D eigenvalue weighted by molar-refractivity contribution is 8.13. The quantitative estimate of drug-likeness (QED) is 0.809. The first kappa shape index (κ1) is 11.6. The topological polar surface area (TPSA) is 56.3 Å². The van der Waals surface area contributed by atoms with Gasteiger partial charge in [0.1, 0.15) is 0 Å². The molecule has 1 heterocycles. The van der Waals surface area contributed by atoms with Crippen molar-refractivity contribution in [3.63, 3.8) is 0 Å². The zero-order valence-corrected chi connectivity index (χ0v) is 10.7. The van der Waals surface area contributed by atoms with E-state index in [1.165, 1.54) is 23.5 Å². The number of nitrogens with zero attached hydrogens (tertiary/aromatic N) is 1. The van der Waals surface area contributed by atoms with Crippen molar-refractivity contribution in [2.75, 3.05) is 6.61 Å². The van der Waals surface area contributed by atoms with E-state index in [0.717, 1.165) is 4.70 Å². The molecule has 16 heavy (non-hydrogen) atoms. The normalized spacial score (nSPS) is 11.9. The Bertz CT molecular complexity index is 621. The van der Waals surface area contributed by atoms with E-state index in [-0.39, 0.29) is 4.90 Å². The number of hydrogen-bond acceptors (Lipinski definition) is 5. The van der Waals surface area contributed by atoms with E-state index in [4.69, 9.17) is 15.4 Å². The predicted molar refractivity (Wildman–Crippen MR) is 63.8 cm³/mol. The van der Waals surface area contributed by atoms with Crippen molar-refractivity contribution in [1.29, 1.82) is 0 Å². The van der Waals surface area contributed by atoms with Gasteiger partial charge in [-0.2, -0.15) is 0 Å². The van der Waals surface area contributed by atoms with Crippen molar-refractivity contribution in [2.45, 2.75) is 11.8 Å². The van der Waals surface area contributed by atoms with E-state index in [2.05, 4.69) is 4.98 Å². The van der Waals surface area contributed by atoms with E-state index < -0.39 is 9.05 Å². The molecule has 0 atom stereocenters. The van der Waals surface area contributed by atoms with Gasteiger partial charge in [0.25, 0.3) is 14.2 Å². The second kappa shape index (κ2) is 4.20.